The predicted octanol–water partition coefficient (Wildman–Crippen LogP) is 4.02. The van der Waals surface area contributed by atoms with Crippen molar-refractivity contribution in [1.82, 2.24) is 5.32 Å². The average Bonchev–Trinajstić information content (AvgIpc) is 2.81. The van der Waals surface area contributed by atoms with Gasteiger partial charge in [-0.05, 0) is 37.0 Å². The number of nitrogens with one attached hydrogen (secondary N) is 1. The minimum Gasteiger partial charge on any atom is -0.296 e. The fourth-order valence-electron chi connectivity index (χ4n) is 4.12. The first-order valence-electron chi connectivity index (χ1n) is 7.67. The van der Waals surface area contributed by atoms with Crippen molar-refractivity contribution in [3.63, 3.8) is 0 Å². The Labute approximate surface area is 112 Å². The van der Waals surface area contributed by atoms with Gasteiger partial charge in [-0.3, -0.25) is 5.32 Å². The minimum absolute atomic E-state index is 0.224. The molecule has 2 aliphatic rings. The SMILES string of the molecule is CC(C)(C)C1CCCCC1(C#N)NC1CCCC1. The van der Waals surface area contributed by atoms with Crippen LogP contribution in [0.4, 0.5) is 0 Å². The molecule has 0 amide bonds. The van der Waals surface area contributed by atoms with E-state index in [1.165, 1.54) is 44.9 Å². The Morgan fingerprint density at radius 2 is 1.67 bits per heavy atom. The smallest absolute Gasteiger partial charge is 0.110 e. The number of hydrogen-bond acceptors (Lipinski definition) is 2. The molecule has 0 aromatic carbocycles. The summed E-state index contributed by atoms with van der Waals surface area (Å²) >= 11 is 0. The van der Waals surface area contributed by atoms with E-state index in [4.69, 9.17) is 0 Å². The van der Waals surface area contributed by atoms with E-state index in [0.29, 0.717) is 12.0 Å². The van der Waals surface area contributed by atoms with Crippen LogP contribution in [0.2, 0.25) is 0 Å². The maximum atomic E-state index is 9.82. The topological polar surface area (TPSA) is 35.8 Å². The van der Waals surface area contributed by atoms with Gasteiger partial charge in [0.2, 0.25) is 0 Å². The first-order valence-corrected chi connectivity index (χ1v) is 7.67. The maximum Gasteiger partial charge on any atom is 0.110 e. The van der Waals surface area contributed by atoms with E-state index in [1.807, 2.05) is 0 Å². The lowest BCUT2D eigenvalue weighted by Crippen LogP contribution is -2.58. The van der Waals surface area contributed by atoms with Gasteiger partial charge in [-0.15, -0.1) is 0 Å². The average molecular weight is 248 g/mol. The summed E-state index contributed by atoms with van der Waals surface area (Å²) in [5.41, 5.74) is -0.0345. The van der Waals surface area contributed by atoms with Crippen molar-refractivity contribution in [1.29, 1.82) is 5.26 Å². The van der Waals surface area contributed by atoms with Crippen LogP contribution < -0.4 is 5.32 Å². The molecule has 2 nitrogen and oxygen atoms in total. The molecule has 0 radical (unpaired) electrons. The van der Waals surface area contributed by atoms with Crippen molar-refractivity contribution < 1.29 is 0 Å². The quantitative estimate of drug-likeness (QED) is 0.801. The number of rotatable bonds is 2. The second-order valence-electron chi connectivity index (χ2n) is 7.37. The van der Waals surface area contributed by atoms with E-state index >= 15 is 0 Å². The lowest BCUT2D eigenvalue weighted by Gasteiger charge is -2.47. The molecule has 2 aliphatic carbocycles. The molecule has 2 heteroatoms. The Morgan fingerprint density at radius 1 is 1.06 bits per heavy atom. The molecule has 2 unspecified atom stereocenters. The van der Waals surface area contributed by atoms with E-state index in [2.05, 4.69) is 32.2 Å². The molecule has 102 valence electrons. The number of nitriles is 1. The fraction of sp³-hybridized carbons (Fsp3) is 0.938. The molecule has 0 saturated heterocycles. The van der Waals surface area contributed by atoms with Crippen molar-refractivity contribution in [3.8, 4) is 6.07 Å². The maximum absolute atomic E-state index is 9.82. The van der Waals surface area contributed by atoms with Crippen LogP contribution in [0.1, 0.15) is 72.1 Å². The zero-order valence-electron chi connectivity index (χ0n) is 12.3. The highest BCUT2D eigenvalue weighted by molar-refractivity contribution is 5.16. The van der Waals surface area contributed by atoms with Gasteiger partial charge in [0, 0.05) is 6.04 Å². The molecular weight excluding hydrogens is 220 g/mol. The largest absolute Gasteiger partial charge is 0.296 e. The summed E-state index contributed by atoms with van der Waals surface area (Å²) in [6.07, 6.45) is 9.94. The van der Waals surface area contributed by atoms with Crippen LogP contribution in [0, 0.1) is 22.7 Å². The van der Waals surface area contributed by atoms with Crippen molar-refractivity contribution in [2.24, 2.45) is 11.3 Å². The number of hydrogen-bond donors (Lipinski definition) is 1. The molecule has 0 bridgehead atoms. The van der Waals surface area contributed by atoms with Crippen molar-refractivity contribution in [2.75, 3.05) is 0 Å². The molecule has 0 heterocycles. The number of nitrogens with zero attached hydrogens (tertiary/aromatic N) is 1. The summed E-state index contributed by atoms with van der Waals surface area (Å²) < 4.78 is 0. The summed E-state index contributed by atoms with van der Waals surface area (Å²) in [4.78, 5) is 0. The van der Waals surface area contributed by atoms with E-state index < -0.39 is 0 Å². The summed E-state index contributed by atoms with van der Waals surface area (Å²) in [5.74, 6) is 0.490. The first-order chi connectivity index (χ1) is 8.48. The van der Waals surface area contributed by atoms with Gasteiger partial charge in [-0.25, -0.2) is 0 Å². The van der Waals surface area contributed by atoms with E-state index in [-0.39, 0.29) is 11.0 Å². The molecule has 2 rings (SSSR count). The van der Waals surface area contributed by atoms with Crippen LogP contribution in [0.25, 0.3) is 0 Å². The molecule has 2 fully saturated rings. The third-order valence-electron chi connectivity index (χ3n) is 4.97. The molecule has 0 aromatic heterocycles. The van der Waals surface area contributed by atoms with Gasteiger partial charge >= 0.3 is 0 Å². The van der Waals surface area contributed by atoms with Crippen LogP contribution >= 0.6 is 0 Å². The highest BCUT2D eigenvalue weighted by Crippen LogP contribution is 2.44. The highest BCUT2D eigenvalue weighted by Gasteiger charge is 2.47. The summed E-state index contributed by atoms with van der Waals surface area (Å²) in [6.45, 7) is 6.89. The lowest BCUT2D eigenvalue weighted by atomic mass is 9.62. The van der Waals surface area contributed by atoms with Crippen LogP contribution in [-0.2, 0) is 0 Å². The molecule has 18 heavy (non-hydrogen) atoms. The second-order valence-corrected chi connectivity index (χ2v) is 7.37. The van der Waals surface area contributed by atoms with Crippen LogP contribution in [0.15, 0.2) is 0 Å². The standard InChI is InChI=1S/C16H28N2/c1-15(2,3)14-10-6-7-11-16(14,12-17)18-13-8-4-5-9-13/h13-14,18H,4-11H2,1-3H3. The van der Waals surface area contributed by atoms with Gasteiger partial charge in [-0.1, -0.05) is 46.5 Å². The summed E-state index contributed by atoms with van der Waals surface area (Å²) in [6, 6.07) is 3.28. The first kappa shape index (κ1) is 13.9. The van der Waals surface area contributed by atoms with Crippen molar-refractivity contribution in [2.45, 2.75) is 83.7 Å². The van der Waals surface area contributed by atoms with Crippen LogP contribution in [0.5, 0.6) is 0 Å². The summed E-state index contributed by atoms with van der Waals surface area (Å²) in [5, 5.41) is 13.6. The Kier molecular flexibility index (Phi) is 4.02. The van der Waals surface area contributed by atoms with Crippen molar-refractivity contribution >= 4 is 0 Å². The summed E-state index contributed by atoms with van der Waals surface area (Å²) in [7, 11) is 0. The van der Waals surface area contributed by atoms with Crippen LogP contribution in [0.3, 0.4) is 0 Å². The van der Waals surface area contributed by atoms with Gasteiger partial charge in [0.25, 0.3) is 0 Å². The van der Waals surface area contributed by atoms with E-state index in [9.17, 15) is 5.26 Å². The fourth-order valence-corrected chi connectivity index (χ4v) is 4.12. The molecule has 2 saturated carbocycles. The normalized spacial score (nSPS) is 34.4. The Hall–Kier alpha value is -0.550. The monoisotopic (exact) mass is 248 g/mol. The molecule has 1 N–H and O–H groups in total. The van der Waals surface area contributed by atoms with E-state index in [0.717, 1.165) is 6.42 Å². The van der Waals surface area contributed by atoms with Gasteiger partial charge in [0.15, 0.2) is 0 Å². The third-order valence-corrected chi connectivity index (χ3v) is 4.97. The molecule has 0 aliphatic heterocycles. The molecular formula is C16H28N2. The van der Waals surface area contributed by atoms with E-state index in [1.54, 1.807) is 0 Å². The second kappa shape index (κ2) is 5.21. The predicted molar refractivity (Wildman–Crippen MR) is 75.1 cm³/mol. The lowest BCUT2D eigenvalue weighted by molar-refractivity contribution is 0.0794. The van der Waals surface area contributed by atoms with Crippen molar-refractivity contribution in [3.05, 3.63) is 0 Å². The van der Waals surface area contributed by atoms with Gasteiger partial charge in [0.1, 0.15) is 5.54 Å². The minimum atomic E-state index is -0.258. The molecule has 0 spiro atoms. The Balaban J connectivity index is 2.18. The third kappa shape index (κ3) is 2.72. The zero-order chi connectivity index (χ0) is 13.2. The Bertz CT molecular complexity index is 317. The van der Waals surface area contributed by atoms with Gasteiger partial charge in [-0.2, -0.15) is 5.26 Å². The van der Waals surface area contributed by atoms with Crippen LogP contribution in [-0.4, -0.2) is 11.6 Å². The zero-order valence-corrected chi connectivity index (χ0v) is 12.3. The van der Waals surface area contributed by atoms with Gasteiger partial charge < -0.3 is 0 Å². The molecule has 2 atom stereocenters. The van der Waals surface area contributed by atoms with Gasteiger partial charge in [0.05, 0.1) is 6.07 Å². The highest BCUT2D eigenvalue weighted by atomic mass is 15.0. The Morgan fingerprint density at radius 3 is 2.22 bits per heavy atom. The molecule has 0 aromatic rings.